The first kappa shape index (κ1) is 18.3. The lowest BCUT2D eigenvalue weighted by Gasteiger charge is -2.26. The van der Waals surface area contributed by atoms with Gasteiger partial charge in [-0.15, -0.1) is 8.78 Å². The molecule has 2 heterocycles. The number of ketones is 1. The highest BCUT2D eigenvalue weighted by molar-refractivity contribution is 5.95. The second kappa shape index (κ2) is 8.77. The molecule has 3 aromatic rings. The summed E-state index contributed by atoms with van der Waals surface area (Å²) in [6, 6.07) is 6.81. The lowest BCUT2D eigenvalue weighted by molar-refractivity contribution is -0.286. The number of hydrogen-bond donors (Lipinski definition) is 2. The average molecular weight is 525 g/mol. The predicted molar refractivity (Wildman–Crippen MR) is 131 cm³/mol. The summed E-state index contributed by atoms with van der Waals surface area (Å²) in [5.74, 6) is -2.91. The van der Waals surface area contributed by atoms with Gasteiger partial charge >= 0.3 is 6.29 Å². The zero-order valence-corrected chi connectivity index (χ0v) is 20.1. The van der Waals surface area contributed by atoms with Crippen molar-refractivity contribution in [3.63, 3.8) is 0 Å². The highest BCUT2D eigenvalue weighted by Gasteiger charge is 2.52. The Balaban J connectivity index is 1.60. The van der Waals surface area contributed by atoms with Crippen LogP contribution in [0.1, 0.15) is 66.3 Å². The molecule has 0 radical (unpaired) electrons. The molecule has 5 rings (SSSR count). The number of rotatable bonds is 9. The number of carbonyl (C=O) groups is 1. The Hall–Kier alpha value is -3.04. The molecule has 9 heteroatoms. The number of aliphatic hydroxyl groups excluding tert-OH is 2. The number of hydrogen-bond acceptors (Lipinski definition) is 5. The van der Waals surface area contributed by atoms with Crippen LogP contribution in [-0.4, -0.2) is 39.6 Å². The number of alkyl halides is 2. The fourth-order valence-corrected chi connectivity index (χ4v) is 4.56. The van der Waals surface area contributed by atoms with E-state index in [0.717, 1.165) is 24.3 Å². The van der Waals surface area contributed by atoms with Crippen LogP contribution in [0.2, 0.25) is 0 Å². The van der Waals surface area contributed by atoms with E-state index in [0.29, 0.717) is 5.39 Å². The van der Waals surface area contributed by atoms with Crippen molar-refractivity contribution in [2.75, 3.05) is 6.61 Å². The van der Waals surface area contributed by atoms with Crippen LogP contribution in [0.4, 0.5) is 13.2 Å². The topological polar surface area (TPSA) is 80.9 Å². The zero-order chi connectivity index (χ0) is 32.8. The van der Waals surface area contributed by atoms with Crippen molar-refractivity contribution in [1.82, 2.24) is 4.57 Å². The van der Waals surface area contributed by atoms with Crippen molar-refractivity contribution in [1.29, 1.82) is 0 Å². The lowest BCUT2D eigenvalue weighted by atomic mass is 9.86. The van der Waals surface area contributed by atoms with Crippen molar-refractivity contribution in [3.8, 4) is 11.5 Å². The van der Waals surface area contributed by atoms with Gasteiger partial charge < -0.3 is 24.3 Å². The Bertz CT molecular complexity index is 1640. The molecule has 1 fully saturated rings. The molecule has 0 amide bonds. The Morgan fingerprint density at radius 2 is 1.97 bits per heavy atom. The van der Waals surface area contributed by atoms with E-state index in [1.165, 1.54) is 23.6 Å². The summed E-state index contributed by atoms with van der Waals surface area (Å²) in [5, 5.41) is 20.0. The van der Waals surface area contributed by atoms with Crippen molar-refractivity contribution in [2.24, 2.45) is 0 Å². The minimum Gasteiger partial charge on any atom is -0.395 e. The van der Waals surface area contributed by atoms with E-state index in [4.69, 9.17) is 9.60 Å². The molecule has 198 valence electrons. The first-order valence-electron chi connectivity index (χ1n) is 15.2. The second-order valence-electron chi connectivity index (χ2n) is 9.59. The molecule has 1 aromatic heterocycles. The van der Waals surface area contributed by atoms with Gasteiger partial charge in [-0.25, -0.2) is 4.39 Å². The zero-order valence-electron chi connectivity index (χ0n) is 27.1. The number of carbonyl (C=O) groups excluding carboxylic acids is 1. The Kier molecular flexibility index (Phi) is 4.33. The van der Waals surface area contributed by atoms with Crippen molar-refractivity contribution < 1.29 is 47.2 Å². The summed E-state index contributed by atoms with van der Waals surface area (Å²) in [6.07, 6.45) is -11.6. The molecule has 37 heavy (non-hydrogen) atoms. The third kappa shape index (κ3) is 4.48. The fourth-order valence-electron chi connectivity index (χ4n) is 4.56. The molecule has 0 bridgehead atoms. The minimum absolute atomic E-state index is 0.136. The van der Waals surface area contributed by atoms with Gasteiger partial charge in [0.1, 0.15) is 11.6 Å². The number of aromatic nitrogens is 1. The SMILES string of the molecule is [2H]C([2H])([2H])C(C)(CC)c1cc2cc(CC(=O)C3(c4ccc5c(c4)OC(F)(F)O5)C([2H])([2H])C3([2H])[2H])c(F)cc2n1C[C@@H](O)CO. The van der Waals surface area contributed by atoms with Crippen LogP contribution < -0.4 is 9.47 Å². The van der Waals surface area contributed by atoms with Crippen LogP contribution >= 0.6 is 0 Å². The first-order chi connectivity index (χ1) is 20.2. The third-order valence-electron chi connectivity index (χ3n) is 6.92. The van der Waals surface area contributed by atoms with Crippen LogP contribution in [0.25, 0.3) is 10.9 Å². The number of fused-ring (bicyclic) bond motifs is 2. The van der Waals surface area contributed by atoms with Crippen LogP contribution in [-0.2, 0) is 28.6 Å². The standard InChI is InChI=1S/C28H30F3NO5/c1-4-26(2,3)24-10-17-9-16(20(29)13-21(17)32(24)14-19(34)15-33)11-25(35)27(7-8-27)18-5-6-22-23(12-18)37-28(30,31)36-22/h5-6,9-10,12-13,19,33-34H,4,7-8,11,14-15H2,1-3H3/t19-/m1/s1/i2D3,7D2,8D2/t19-,26?. The number of nitrogens with zero attached hydrogens (tertiary/aromatic N) is 1. The molecule has 1 aliphatic heterocycles. The predicted octanol–water partition coefficient (Wildman–Crippen LogP) is 4.99. The van der Waals surface area contributed by atoms with E-state index in [-0.39, 0.29) is 41.1 Å². The van der Waals surface area contributed by atoms with Crippen LogP contribution in [0.5, 0.6) is 11.5 Å². The number of ether oxygens (including phenoxy) is 2. The van der Waals surface area contributed by atoms with E-state index in [1.54, 1.807) is 6.92 Å². The number of aliphatic hydroxyl groups is 2. The first-order valence-corrected chi connectivity index (χ1v) is 11.7. The van der Waals surface area contributed by atoms with Crippen molar-refractivity contribution >= 4 is 16.7 Å². The monoisotopic (exact) mass is 524 g/mol. The summed E-state index contributed by atoms with van der Waals surface area (Å²) in [5.41, 5.74) is -4.08. The molecule has 0 saturated heterocycles. The van der Waals surface area contributed by atoms with Gasteiger partial charge in [0.25, 0.3) is 0 Å². The Morgan fingerprint density at radius 3 is 2.62 bits per heavy atom. The summed E-state index contributed by atoms with van der Waals surface area (Å²) in [4.78, 5) is 13.8. The van der Waals surface area contributed by atoms with Crippen LogP contribution in [0.15, 0.2) is 36.4 Å². The second-order valence-corrected chi connectivity index (χ2v) is 9.59. The quantitative estimate of drug-likeness (QED) is 0.413. The maximum atomic E-state index is 15.7. The summed E-state index contributed by atoms with van der Waals surface area (Å²) in [7, 11) is 0. The molecular weight excluding hydrogens is 487 g/mol. The lowest BCUT2D eigenvalue weighted by Crippen LogP contribution is -2.26. The highest BCUT2D eigenvalue weighted by Crippen LogP contribution is 2.52. The smallest absolute Gasteiger partial charge is 0.395 e. The highest BCUT2D eigenvalue weighted by atomic mass is 19.3. The third-order valence-corrected chi connectivity index (χ3v) is 6.92. The van der Waals surface area contributed by atoms with Crippen LogP contribution in [0.3, 0.4) is 0 Å². The van der Waals surface area contributed by atoms with Crippen LogP contribution in [0, 0.1) is 5.82 Å². The van der Waals surface area contributed by atoms with Gasteiger partial charge in [-0.3, -0.25) is 4.79 Å². The van der Waals surface area contributed by atoms with E-state index in [2.05, 4.69) is 9.47 Å². The van der Waals surface area contributed by atoms with E-state index in [9.17, 15) is 23.8 Å². The molecular formula is C28H30F3NO5. The van der Waals surface area contributed by atoms with Gasteiger partial charge in [-0.2, -0.15) is 0 Å². The molecule has 1 unspecified atom stereocenters. The van der Waals surface area contributed by atoms with Gasteiger partial charge in [0, 0.05) is 32.5 Å². The normalized spacial score (nSPS) is 25.4. The van der Waals surface area contributed by atoms with Crippen molar-refractivity contribution in [2.45, 2.75) is 76.1 Å². The Morgan fingerprint density at radius 1 is 1.24 bits per heavy atom. The van der Waals surface area contributed by atoms with Gasteiger partial charge in [0.2, 0.25) is 0 Å². The van der Waals surface area contributed by atoms with E-state index < -0.39 is 73.2 Å². The summed E-state index contributed by atoms with van der Waals surface area (Å²) >= 11 is 0. The van der Waals surface area contributed by atoms with Gasteiger partial charge in [-0.05, 0) is 60.6 Å². The average Bonchev–Trinajstić information content (AvgIpc) is 3.20. The van der Waals surface area contributed by atoms with Gasteiger partial charge in [0.05, 0.1) is 30.2 Å². The molecule has 2 atom stereocenters. The molecule has 2 aliphatic rings. The maximum Gasteiger partial charge on any atom is 0.586 e. The Labute approximate surface area is 222 Å². The number of benzene rings is 2. The molecule has 2 N–H and O–H groups in total. The molecule has 6 nitrogen and oxygen atoms in total. The molecule has 1 saturated carbocycles. The van der Waals surface area contributed by atoms with E-state index >= 15 is 4.39 Å². The number of Topliss-reactive ketones (excluding diaryl/α,β-unsaturated/α-hetero) is 1. The minimum atomic E-state index is -4.01. The molecule has 1 aliphatic carbocycles. The largest absolute Gasteiger partial charge is 0.586 e. The number of halogens is 3. The van der Waals surface area contributed by atoms with Gasteiger partial charge in [0.15, 0.2) is 11.5 Å². The summed E-state index contributed by atoms with van der Waals surface area (Å²) < 4.78 is 111. The molecule has 2 aromatic carbocycles. The van der Waals surface area contributed by atoms with Crippen molar-refractivity contribution in [3.05, 3.63) is 59.0 Å². The van der Waals surface area contributed by atoms with Gasteiger partial charge in [-0.1, -0.05) is 26.8 Å². The maximum absolute atomic E-state index is 15.7. The summed E-state index contributed by atoms with van der Waals surface area (Å²) in [6.45, 7) is -0.256. The van der Waals surface area contributed by atoms with E-state index in [1.807, 2.05) is 0 Å². The molecule has 0 spiro atoms. The fraction of sp³-hybridized carbons (Fsp3) is 0.464.